The average molecular weight is 272 g/mol. The minimum absolute atomic E-state index is 0.0146. The Hall–Kier alpha value is -2.28. The number of nitrogens with one attached hydrogen (secondary N) is 2. The summed E-state index contributed by atoms with van der Waals surface area (Å²) in [5, 5.41) is 5.31. The molecule has 0 radical (unpaired) electrons. The molecule has 0 aliphatic heterocycles. The van der Waals surface area contributed by atoms with Gasteiger partial charge in [0.25, 0.3) is 5.91 Å². The van der Waals surface area contributed by atoms with Gasteiger partial charge in [0, 0.05) is 19.0 Å². The summed E-state index contributed by atoms with van der Waals surface area (Å²) in [5.41, 5.74) is 1.20. The molecule has 0 saturated carbocycles. The highest BCUT2D eigenvalue weighted by Crippen LogP contribution is 2.06. The highest BCUT2D eigenvalue weighted by molar-refractivity contribution is 5.96. The second kappa shape index (κ2) is 8.76. The normalized spacial score (nSPS) is 9.30. The lowest BCUT2D eigenvalue weighted by Gasteiger charge is -2.02. The predicted molar refractivity (Wildman–Crippen MR) is 79.2 cm³/mol. The molecule has 4 heteroatoms. The van der Waals surface area contributed by atoms with Gasteiger partial charge in [-0.3, -0.25) is 9.59 Å². The average Bonchev–Trinajstić information content (AvgIpc) is 2.49. The smallest absolute Gasteiger partial charge is 0.252 e. The number of amides is 2. The Morgan fingerprint density at radius 3 is 2.70 bits per heavy atom. The lowest BCUT2D eigenvalue weighted by atomic mass is 10.1. The van der Waals surface area contributed by atoms with Gasteiger partial charge in [-0.1, -0.05) is 37.3 Å². The first-order valence-electron chi connectivity index (χ1n) is 6.75. The van der Waals surface area contributed by atoms with Crippen molar-refractivity contribution < 1.29 is 9.59 Å². The van der Waals surface area contributed by atoms with E-state index in [1.807, 2.05) is 13.0 Å². The molecule has 0 bridgehead atoms. The molecule has 0 aromatic heterocycles. The molecule has 2 N–H and O–H groups in total. The first-order valence-corrected chi connectivity index (χ1v) is 6.75. The Morgan fingerprint density at radius 1 is 1.25 bits per heavy atom. The van der Waals surface area contributed by atoms with Gasteiger partial charge in [0.1, 0.15) is 0 Å². The standard InChI is InChI=1S/C16H20N2O2/c1-3-4-11-15(19)18-12-7-9-13-8-5-6-10-14(13)16(20)17-2/h5-6,8,10H,3-4,11-12H2,1-2H3,(H,17,20)(H,18,19). The largest absolute Gasteiger partial charge is 0.355 e. The minimum atomic E-state index is -0.165. The summed E-state index contributed by atoms with van der Waals surface area (Å²) in [5.74, 6) is 5.63. The minimum Gasteiger partial charge on any atom is -0.355 e. The van der Waals surface area contributed by atoms with Gasteiger partial charge in [-0.25, -0.2) is 0 Å². The molecule has 1 aromatic carbocycles. The van der Waals surface area contributed by atoms with Crippen molar-refractivity contribution in [1.29, 1.82) is 0 Å². The number of rotatable bonds is 5. The molecule has 20 heavy (non-hydrogen) atoms. The summed E-state index contributed by atoms with van der Waals surface area (Å²) in [6, 6.07) is 7.14. The third-order valence-electron chi connectivity index (χ3n) is 2.75. The van der Waals surface area contributed by atoms with Crippen molar-refractivity contribution in [2.75, 3.05) is 13.6 Å². The lowest BCUT2D eigenvalue weighted by molar-refractivity contribution is -0.120. The molecule has 0 aliphatic rings. The molecule has 4 nitrogen and oxygen atoms in total. The van der Waals surface area contributed by atoms with Gasteiger partial charge in [-0.05, 0) is 18.6 Å². The molecule has 0 atom stereocenters. The molecule has 106 valence electrons. The summed E-state index contributed by atoms with van der Waals surface area (Å²) in [6.45, 7) is 2.34. The van der Waals surface area contributed by atoms with Crippen molar-refractivity contribution in [3.05, 3.63) is 35.4 Å². The van der Waals surface area contributed by atoms with Gasteiger partial charge >= 0.3 is 0 Å². The summed E-state index contributed by atoms with van der Waals surface area (Å²) >= 11 is 0. The molecule has 0 fully saturated rings. The predicted octanol–water partition coefficient (Wildman–Crippen LogP) is 1.70. The first kappa shape index (κ1) is 15.8. The quantitative estimate of drug-likeness (QED) is 0.802. The van der Waals surface area contributed by atoms with E-state index in [0.717, 1.165) is 12.8 Å². The van der Waals surface area contributed by atoms with E-state index in [1.54, 1.807) is 25.2 Å². The second-order valence-electron chi connectivity index (χ2n) is 4.31. The second-order valence-corrected chi connectivity index (χ2v) is 4.31. The van der Waals surface area contributed by atoms with E-state index in [9.17, 15) is 9.59 Å². The summed E-state index contributed by atoms with van der Waals surface area (Å²) < 4.78 is 0. The van der Waals surface area contributed by atoms with Crippen LogP contribution in [0.1, 0.15) is 42.1 Å². The maximum Gasteiger partial charge on any atom is 0.252 e. The zero-order chi connectivity index (χ0) is 14.8. The molecular weight excluding hydrogens is 252 g/mol. The van der Waals surface area contributed by atoms with Crippen LogP contribution in [0.15, 0.2) is 24.3 Å². The van der Waals surface area contributed by atoms with Gasteiger partial charge in [0.05, 0.1) is 12.1 Å². The number of unbranched alkanes of at least 4 members (excludes halogenated alkanes) is 1. The van der Waals surface area contributed by atoms with Crippen molar-refractivity contribution in [1.82, 2.24) is 10.6 Å². The van der Waals surface area contributed by atoms with Gasteiger partial charge in [0.2, 0.25) is 5.91 Å². The van der Waals surface area contributed by atoms with Crippen LogP contribution in [0.4, 0.5) is 0 Å². The molecule has 1 rings (SSSR count). The van der Waals surface area contributed by atoms with Crippen LogP contribution in [-0.2, 0) is 4.79 Å². The van der Waals surface area contributed by atoms with Crippen molar-refractivity contribution in [2.45, 2.75) is 26.2 Å². The highest BCUT2D eigenvalue weighted by atomic mass is 16.2. The maximum atomic E-state index is 11.6. The molecule has 0 saturated heterocycles. The van der Waals surface area contributed by atoms with E-state index in [2.05, 4.69) is 22.5 Å². The van der Waals surface area contributed by atoms with Gasteiger partial charge in [0.15, 0.2) is 0 Å². The SMILES string of the molecule is CCCCC(=O)NCC#Cc1ccccc1C(=O)NC. The zero-order valence-electron chi connectivity index (χ0n) is 12.0. The van der Waals surface area contributed by atoms with E-state index >= 15 is 0 Å². The van der Waals surface area contributed by atoms with Crippen molar-refractivity contribution >= 4 is 11.8 Å². The van der Waals surface area contributed by atoms with Crippen LogP contribution in [0.3, 0.4) is 0 Å². The molecule has 2 amide bonds. The third-order valence-corrected chi connectivity index (χ3v) is 2.75. The van der Waals surface area contributed by atoms with Crippen LogP contribution in [0.25, 0.3) is 0 Å². The van der Waals surface area contributed by atoms with Gasteiger partial charge < -0.3 is 10.6 Å². The Balaban J connectivity index is 2.60. The molecule has 0 unspecified atom stereocenters. The summed E-state index contributed by atoms with van der Waals surface area (Å²) in [7, 11) is 1.58. The molecule has 1 aromatic rings. The molecule has 0 spiro atoms. The summed E-state index contributed by atoms with van der Waals surface area (Å²) in [6.07, 6.45) is 2.42. The highest BCUT2D eigenvalue weighted by Gasteiger charge is 2.06. The van der Waals surface area contributed by atoms with E-state index in [1.165, 1.54) is 0 Å². The number of benzene rings is 1. The number of carbonyl (C=O) groups excluding carboxylic acids is 2. The third kappa shape index (κ3) is 5.15. The van der Waals surface area contributed by atoms with Gasteiger partial charge in [-0.15, -0.1) is 0 Å². The fourth-order valence-corrected chi connectivity index (χ4v) is 1.63. The molecule has 0 aliphatic carbocycles. The van der Waals surface area contributed by atoms with E-state index < -0.39 is 0 Å². The topological polar surface area (TPSA) is 58.2 Å². The first-order chi connectivity index (χ1) is 9.69. The lowest BCUT2D eigenvalue weighted by Crippen LogP contribution is -2.23. The van der Waals surface area contributed by atoms with Gasteiger partial charge in [-0.2, -0.15) is 0 Å². The van der Waals surface area contributed by atoms with Crippen LogP contribution in [0.5, 0.6) is 0 Å². The summed E-state index contributed by atoms with van der Waals surface area (Å²) in [4.78, 5) is 23.0. The van der Waals surface area contributed by atoms with Crippen LogP contribution < -0.4 is 10.6 Å². The number of hydrogen-bond donors (Lipinski definition) is 2. The maximum absolute atomic E-state index is 11.6. The number of carbonyl (C=O) groups is 2. The molecule has 0 heterocycles. The van der Waals surface area contributed by atoms with Crippen LogP contribution >= 0.6 is 0 Å². The fourth-order valence-electron chi connectivity index (χ4n) is 1.63. The zero-order valence-corrected chi connectivity index (χ0v) is 12.0. The van der Waals surface area contributed by atoms with Crippen molar-refractivity contribution in [3.63, 3.8) is 0 Å². The van der Waals surface area contributed by atoms with E-state index in [0.29, 0.717) is 24.1 Å². The fraction of sp³-hybridized carbons (Fsp3) is 0.375. The Kier molecular flexibility index (Phi) is 6.91. The van der Waals surface area contributed by atoms with E-state index in [4.69, 9.17) is 0 Å². The van der Waals surface area contributed by atoms with Crippen LogP contribution in [0, 0.1) is 11.8 Å². The van der Waals surface area contributed by atoms with Crippen LogP contribution in [0.2, 0.25) is 0 Å². The van der Waals surface area contributed by atoms with Crippen molar-refractivity contribution in [3.8, 4) is 11.8 Å². The Bertz CT molecular complexity index is 527. The van der Waals surface area contributed by atoms with Crippen LogP contribution in [-0.4, -0.2) is 25.4 Å². The number of hydrogen-bond acceptors (Lipinski definition) is 2. The monoisotopic (exact) mass is 272 g/mol. The van der Waals surface area contributed by atoms with E-state index in [-0.39, 0.29) is 11.8 Å². The molecular formula is C16H20N2O2. The Morgan fingerprint density at radius 2 is 2.00 bits per heavy atom. The van der Waals surface area contributed by atoms with Crippen molar-refractivity contribution in [2.24, 2.45) is 0 Å². The Labute approximate surface area is 120 Å².